The standard InChI is InChI=1S/C9H13BrO3/c1-12-7(11)9-4-2-8(10,3-5-9)6-13-9/h2-6H2,1H3. The highest BCUT2D eigenvalue weighted by Crippen LogP contribution is 2.48. The van der Waals surface area contributed by atoms with Crippen LogP contribution in [0.2, 0.25) is 0 Å². The molecule has 0 atom stereocenters. The first-order valence-electron chi connectivity index (χ1n) is 4.52. The first-order chi connectivity index (χ1) is 6.10. The highest BCUT2D eigenvalue weighted by atomic mass is 79.9. The van der Waals surface area contributed by atoms with E-state index in [0.29, 0.717) is 6.61 Å². The number of rotatable bonds is 1. The fourth-order valence-electron chi connectivity index (χ4n) is 2.11. The molecule has 2 saturated heterocycles. The van der Waals surface area contributed by atoms with Gasteiger partial charge in [0.2, 0.25) is 0 Å². The fourth-order valence-corrected chi connectivity index (χ4v) is 2.62. The molecule has 2 bridgehead atoms. The molecule has 1 aliphatic carbocycles. The van der Waals surface area contributed by atoms with Gasteiger partial charge in [-0.2, -0.15) is 0 Å². The van der Waals surface area contributed by atoms with Crippen LogP contribution in [0, 0.1) is 0 Å². The third kappa shape index (κ3) is 1.40. The van der Waals surface area contributed by atoms with Gasteiger partial charge in [-0.3, -0.25) is 0 Å². The molecular formula is C9H13BrO3. The second kappa shape index (κ2) is 2.95. The van der Waals surface area contributed by atoms with Crippen LogP contribution in [0.3, 0.4) is 0 Å². The predicted octanol–water partition coefficient (Wildman–Crippen LogP) is 1.64. The molecule has 3 fully saturated rings. The van der Waals surface area contributed by atoms with Crippen molar-refractivity contribution in [1.82, 2.24) is 0 Å². The first-order valence-corrected chi connectivity index (χ1v) is 5.31. The van der Waals surface area contributed by atoms with E-state index in [-0.39, 0.29) is 10.3 Å². The molecule has 4 heteroatoms. The van der Waals surface area contributed by atoms with Gasteiger partial charge in [0.25, 0.3) is 0 Å². The Morgan fingerprint density at radius 1 is 1.38 bits per heavy atom. The zero-order chi connectivity index (χ0) is 9.53. The molecule has 2 heterocycles. The summed E-state index contributed by atoms with van der Waals surface area (Å²) in [6.07, 6.45) is 3.57. The van der Waals surface area contributed by atoms with E-state index < -0.39 is 5.60 Å². The molecule has 3 nitrogen and oxygen atoms in total. The molecule has 0 unspecified atom stereocenters. The zero-order valence-corrected chi connectivity index (χ0v) is 9.22. The van der Waals surface area contributed by atoms with Gasteiger partial charge in [0.15, 0.2) is 5.60 Å². The normalized spacial score (nSPS) is 43.2. The van der Waals surface area contributed by atoms with Crippen molar-refractivity contribution in [2.24, 2.45) is 0 Å². The van der Waals surface area contributed by atoms with Crippen LogP contribution >= 0.6 is 15.9 Å². The summed E-state index contributed by atoms with van der Waals surface area (Å²) >= 11 is 3.65. The Morgan fingerprint density at radius 2 is 2.00 bits per heavy atom. The van der Waals surface area contributed by atoms with Crippen LogP contribution in [0.15, 0.2) is 0 Å². The number of hydrogen-bond donors (Lipinski definition) is 0. The average molecular weight is 249 g/mol. The maximum Gasteiger partial charge on any atom is 0.338 e. The minimum atomic E-state index is -0.621. The van der Waals surface area contributed by atoms with Crippen LogP contribution in [0.4, 0.5) is 0 Å². The van der Waals surface area contributed by atoms with Gasteiger partial charge >= 0.3 is 5.97 Å². The highest BCUT2D eigenvalue weighted by Gasteiger charge is 2.53. The van der Waals surface area contributed by atoms with Crippen molar-refractivity contribution in [3.8, 4) is 0 Å². The van der Waals surface area contributed by atoms with Crippen molar-refractivity contribution < 1.29 is 14.3 Å². The molecule has 0 radical (unpaired) electrons. The summed E-state index contributed by atoms with van der Waals surface area (Å²) in [5.74, 6) is -0.207. The van der Waals surface area contributed by atoms with Crippen molar-refractivity contribution in [3.05, 3.63) is 0 Å². The molecule has 3 rings (SSSR count). The van der Waals surface area contributed by atoms with Gasteiger partial charge in [0.05, 0.1) is 13.7 Å². The Bertz CT molecular complexity index is 214. The summed E-state index contributed by atoms with van der Waals surface area (Å²) < 4.78 is 10.5. The number of esters is 1. The molecule has 0 N–H and O–H groups in total. The largest absolute Gasteiger partial charge is 0.467 e. The minimum absolute atomic E-state index is 0.128. The number of methoxy groups -OCH3 is 1. The molecule has 0 aromatic rings. The summed E-state index contributed by atoms with van der Waals surface area (Å²) in [6, 6.07) is 0. The van der Waals surface area contributed by atoms with E-state index in [9.17, 15) is 4.79 Å². The number of ether oxygens (including phenoxy) is 2. The number of fused-ring (bicyclic) bond motifs is 3. The predicted molar refractivity (Wildman–Crippen MR) is 50.8 cm³/mol. The Balaban J connectivity index is 2.15. The van der Waals surface area contributed by atoms with E-state index in [1.165, 1.54) is 7.11 Å². The average Bonchev–Trinajstić information content (AvgIpc) is 2.18. The van der Waals surface area contributed by atoms with Crippen LogP contribution in [0.25, 0.3) is 0 Å². The van der Waals surface area contributed by atoms with Crippen LogP contribution in [-0.4, -0.2) is 29.6 Å². The third-order valence-electron chi connectivity index (χ3n) is 3.12. The van der Waals surface area contributed by atoms with Gasteiger partial charge < -0.3 is 9.47 Å². The molecule has 1 saturated carbocycles. The topological polar surface area (TPSA) is 35.5 Å². The first kappa shape index (κ1) is 9.46. The third-order valence-corrected chi connectivity index (χ3v) is 4.14. The monoisotopic (exact) mass is 248 g/mol. The lowest BCUT2D eigenvalue weighted by atomic mass is 9.76. The van der Waals surface area contributed by atoms with Gasteiger partial charge in [0, 0.05) is 4.32 Å². The summed E-state index contributed by atoms with van der Waals surface area (Å²) in [5, 5.41) is 0. The van der Waals surface area contributed by atoms with E-state index in [4.69, 9.17) is 9.47 Å². The van der Waals surface area contributed by atoms with Crippen LogP contribution in [-0.2, 0) is 14.3 Å². The minimum Gasteiger partial charge on any atom is -0.467 e. The molecule has 0 aromatic heterocycles. The Morgan fingerprint density at radius 3 is 2.38 bits per heavy atom. The fraction of sp³-hybridized carbons (Fsp3) is 0.889. The van der Waals surface area contributed by atoms with E-state index in [1.54, 1.807) is 0 Å². The van der Waals surface area contributed by atoms with Crippen LogP contribution in [0.1, 0.15) is 25.7 Å². The molecule has 0 aromatic carbocycles. The molecule has 0 amide bonds. The quantitative estimate of drug-likeness (QED) is 0.523. The molecular weight excluding hydrogens is 236 g/mol. The Labute approximate surface area is 85.9 Å². The smallest absolute Gasteiger partial charge is 0.338 e. The lowest BCUT2D eigenvalue weighted by molar-refractivity contribution is -0.189. The highest BCUT2D eigenvalue weighted by molar-refractivity contribution is 9.10. The molecule has 2 aliphatic heterocycles. The van der Waals surface area contributed by atoms with Crippen LogP contribution < -0.4 is 0 Å². The second-order valence-corrected chi connectivity index (χ2v) is 5.61. The van der Waals surface area contributed by atoms with Gasteiger partial charge in [-0.15, -0.1) is 0 Å². The lowest BCUT2D eigenvalue weighted by Gasteiger charge is -2.48. The molecule has 0 spiro atoms. The van der Waals surface area contributed by atoms with Crippen molar-refractivity contribution in [2.45, 2.75) is 35.6 Å². The van der Waals surface area contributed by atoms with Gasteiger partial charge in [-0.05, 0) is 25.7 Å². The van der Waals surface area contributed by atoms with Crippen molar-refractivity contribution in [1.29, 1.82) is 0 Å². The number of hydrogen-bond acceptors (Lipinski definition) is 3. The second-order valence-electron chi connectivity index (χ2n) is 3.93. The summed E-state index contributed by atoms with van der Waals surface area (Å²) in [7, 11) is 1.42. The zero-order valence-electron chi connectivity index (χ0n) is 7.64. The number of halogens is 1. The van der Waals surface area contributed by atoms with Gasteiger partial charge in [-0.1, -0.05) is 15.9 Å². The van der Waals surface area contributed by atoms with Gasteiger partial charge in [-0.25, -0.2) is 4.79 Å². The number of carbonyl (C=O) groups is 1. The number of alkyl halides is 1. The summed E-state index contributed by atoms with van der Waals surface area (Å²) in [5.41, 5.74) is -0.621. The van der Waals surface area contributed by atoms with Gasteiger partial charge in [0.1, 0.15) is 0 Å². The van der Waals surface area contributed by atoms with Crippen molar-refractivity contribution >= 4 is 21.9 Å². The SMILES string of the molecule is COC(=O)C12CCC(Br)(CC1)CO2. The van der Waals surface area contributed by atoms with E-state index in [2.05, 4.69) is 15.9 Å². The maximum absolute atomic E-state index is 11.5. The number of carbonyl (C=O) groups excluding carboxylic acids is 1. The Kier molecular flexibility index (Phi) is 2.15. The van der Waals surface area contributed by atoms with E-state index in [1.807, 2.05) is 0 Å². The lowest BCUT2D eigenvalue weighted by Crippen LogP contribution is -2.56. The van der Waals surface area contributed by atoms with Crippen LogP contribution in [0.5, 0.6) is 0 Å². The van der Waals surface area contributed by atoms with Crippen molar-refractivity contribution in [2.75, 3.05) is 13.7 Å². The molecule has 74 valence electrons. The molecule has 13 heavy (non-hydrogen) atoms. The Hall–Kier alpha value is -0.0900. The van der Waals surface area contributed by atoms with E-state index in [0.717, 1.165) is 25.7 Å². The summed E-state index contributed by atoms with van der Waals surface area (Å²) in [4.78, 5) is 11.5. The van der Waals surface area contributed by atoms with E-state index >= 15 is 0 Å². The maximum atomic E-state index is 11.5. The van der Waals surface area contributed by atoms with Crippen molar-refractivity contribution in [3.63, 3.8) is 0 Å². The summed E-state index contributed by atoms with van der Waals surface area (Å²) in [6.45, 7) is 0.627. The molecule has 3 aliphatic rings.